The summed E-state index contributed by atoms with van der Waals surface area (Å²) in [5.41, 5.74) is 2.44. The zero-order valence-electron chi connectivity index (χ0n) is 18.0. The molecular formula is C24H23N3O5. The second-order valence-corrected chi connectivity index (χ2v) is 7.26. The van der Waals surface area contributed by atoms with Gasteiger partial charge < -0.3 is 19.3 Å². The quantitative estimate of drug-likeness (QED) is 0.471. The first-order valence-corrected chi connectivity index (χ1v) is 10.2. The van der Waals surface area contributed by atoms with Crippen LogP contribution < -0.4 is 20.3 Å². The third kappa shape index (κ3) is 4.49. The molecule has 2 aromatic carbocycles. The lowest BCUT2D eigenvalue weighted by molar-refractivity contribution is 0.102. The van der Waals surface area contributed by atoms with E-state index in [1.165, 1.54) is 6.07 Å². The highest BCUT2D eigenvalue weighted by Crippen LogP contribution is 2.28. The van der Waals surface area contributed by atoms with Crippen molar-refractivity contribution in [1.29, 1.82) is 0 Å². The lowest BCUT2D eigenvalue weighted by atomic mass is 10.1. The lowest BCUT2D eigenvalue weighted by Crippen LogP contribution is -2.16. The molecule has 0 unspecified atom stereocenters. The maximum Gasteiger partial charge on any atom is 0.287 e. The highest BCUT2D eigenvalue weighted by atomic mass is 16.5. The number of para-hydroxylation sites is 1. The highest BCUT2D eigenvalue weighted by molar-refractivity contribution is 6.06. The first kappa shape index (κ1) is 21.2. The molecule has 1 amide bonds. The molecule has 4 aromatic rings. The number of hydrogen-bond donors (Lipinski definition) is 1. The van der Waals surface area contributed by atoms with Gasteiger partial charge in [-0.3, -0.25) is 9.59 Å². The third-order valence-corrected chi connectivity index (χ3v) is 4.71. The van der Waals surface area contributed by atoms with Crippen LogP contribution >= 0.6 is 0 Å². The van der Waals surface area contributed by atoms with Crippen molar-refractivity contribution in [3.8, 4) is 11.5 Å². The van der Waals surface area contributed by atoms with Crippen molar-refractivity contribution in [2.75, 3.05) is 11.9 Å². The van der Waals surface area contributed by atoms with E-state index < -0.39 is 0 Å². The van der Waals surface area contributed by atoms with Crippen LogP contribution in [0.5, 0.6) is 11.5 Å². The van der Waals surface area contributed by atoms with Crippen LogP contribution in [0.15, 0.2) is 63.9 Å². The molecule has 164 valence electrons. The SMILES string of the molecule is CCOc1ccccc1C(=O)Nc1cc(C)ccc1OCc1cc(=O)n2oc(C)cc2n1. The molecule has 8 nitrogen and oxygen atoms in total. The molecule has 0 radical (unpaired) electrons. The molecule has 4 rings (SSSR count). The van der Waals surface area contributed by atoms with Crippen LogP contribution in [-0.4, -0.2) is 22.1 Å². The average molecular weight is 433 g/mol. The first-order chi connectivity index (χ1) is 15.4. The van der Waals surface area contributed by atoms with Crippen LogP contribution in [0.4, 0.5) is 5.69 Å². The fourth-order valence-electron chi connectivity index (χ4n) is 3.29. The number of aryl methyl sites for hydroxylation is 2. The molecule has 0 aliphatic carbocycles. The standard InChI is InChI=1S/C24H23N3O5/c1-4-30-20-8-6-5-7-18(20)24(29)26-19-11-15(2)9-10-21(19)31-14-17-13-23(28)27-22(25-17)12-16(3)32-27/h5-13H,4,14H2,1-3H3,(H,26,29). The van der Waals surface area contributed by atoms with E-state index in [0.29, 0.717) is 46.5 Å². The van der Waals surface area contributed by atoms with Gasteiger partial charge in [0.2, 0.25) is 0 Å². The third-order valence-electron chi connectivity index (χ3n) is 4.71. The number of nitrogens with zero attached hydrogens (tertiary/aromatic N) is 2. The Morgan fingerprint density at radius 1 is 1.06 bits per heavy atom. The number of ether oxygens (including phenoxy) is 2. The van der Waals surface area contributed by atoms with Crippen LogP contribution in [-0.2, 0) is 6.61 Å². The van der Waals surface area contributed by atoms with Crippen molar-refractivity contribution >= 4 is 17.2 Å². The molecule has 0 aliphatic heterocycles. The fraction of sp³-hybridized carbons (Fsp3) is 0.208. The molecule has 0 aliphatic rings. The topological polar surface area (TPSA) is 95.1 Å². The molecule has 0 saturated carbocycles. The molecule has 2 heterocycles. The number of nitrogens with one attached hydrogen (secondary N) is 1. The summed E-state index contributed by atoms with van der Waals surface area (Å²) in [5.74, 6) is 1.25. The number of anilines is 1. The zero-order chi connectivity index (χ0) is 22.7. The highest BCUT2D eigenvalue weighted by Gasteiger charge is 2.15. The summed E-state index contributed by atoms with van der Waals surface area (Å²) >= 11 is 0. The van der Waals surface area contributed by atoms with Gasteiger partial charge in [-0.25, -0.2) is 4.98 Å². The number of aromatic nitrogens is 2. The summed E-state index contributed by atoms with van der Waals surface area (Å²) in [6.07, 6.45) is 0. The van der Waals surface area contributed by atoms with Gasteiger partial charge in [0.05, 0.1) is 23.6 Å². The van der Waals surface area contributed by atoms with E-state index >= 15 is 0 Å². The number of amides is 1. The molecule has 0 fully saturated rings. The Labute approximate surface area is 184 Å². The van der Waals surface area contributed by atoms with Crippen LogP contribution in [0.1, 0.15) is 34.3 Å². The van der Waals surface area contributed by atoms with E-state index in [4.69, 9.17) is 14.0 Å². The van der Waals surface area contributed by atoms with Gasteiger partial charge in [-0.2, -0.15) is 0 Å². The Hall–Kier alpha value is -4.07. The molecule has 32 heavy (non-hydrogen) atoms. The molecule has 0 atom stereocenters. The number of hydrogen-bond acceptors (Lipinski definition) is 6. The molecule has 0 saturated heterocycles. The van der Waals surface area contributed by atoms with Crippen LogP contribution in [0, 0.1) is 13.8 Å². The second kappa shape index (κ2) is 8.97. The van der Waals surface area contributed by atoms with Crippen LogP contribution in [0.2, 0.25) is 0 Å². The van der Waals surface area contributed by atoms with Crippen molar-refractivity contribution < 1.29 is 18.8 Å². The zero-order valence-corrected chi connectivity index (χ0v) is 18.0. The Morgan fingerprint density at radius 2 is 1.88 bits per heavy atom. The largest absolute Gasteiger partial charge is 0.493 e. The van der Waals surface area contributed by atoms with Crippen molar-refractivity contribution in [3.63, 3.8) is 0 Å². The van der Waals surface area contributed by atoms with E-state index in [1.54, 1.807) is 37.3 Å². The van der Waals surface area contributed by atoms with Gasteiger partial charge in [0.25, 0.3) is 11.5 Å². The van der Waals surface area contributed by atoms with Crippen molar-refractivity contribution in [3.05, 3.63) is 87.5 Å². The molecule has 2 aromatic heterocycles. The summed E-state index contributed by atoms with van der Waals surface area (Å²) in [6.45, 7) is 6.04. The normalized spacial score (nSPS) is 10.8. The van der Waals surface area contributed by atoms with Crippen LogP contribution in [0.3, 0.4) is 0 Å². The molecule has 8 heteroatoms. The molecule has 1 N–H and O–H groups in total. The predicted molar refractivity (Wildman–Crippen MR) is 120 cm³/mol. The van der Waals surface area contributed by atoms with Gasteiger partial charge in [-0.1, -0.05) is 18.2 Å². The van der Waals surface area contributed by atoms with E-state index in [9.17, 15) is 9.59 Å². The monoisotopic (exact) mass is 433 g/mol. The summed E-state index contributed by atoms with van der Waals surface area (Å²) in [6, 6.07) is 15.6. The number of fused-ring (bicyclic) bond motifs is 1. The predicted octanol–water partition coefficient (Wildman–Crippen LogP) is 4.13. The summed E-state index contributed by atoms with van der Waals surface area (Å²) in [7, 11) is 0. The lowest BCUT2D eigenvalue weighted by Gasteiger charge is -2.15. The maximum atomic E-state index is 12.9. The van der Waals surface area contributed by atoms with E-state index in [0.717, 1.165) is 10.1 Å². The van der Waals surface area contributed by atoms with E-state index in [1.807, 2.05) is 32.0 Å². The molecule has 0 spiro atoms. The Morgan fingerprint density at radius 3 is 2.69 bits per heavy atom. The van der Waals surface area contributed by atoms with E-state index in [2.05, 4.69) is 10.3 Å². The van der Waals surface area contributed by atoms with Gasteiger partial charge in [-0.05, 0) is 50.6 Å². The number of carbonyl (C=O) groups is 1. The maximum absolute atomic E-state index is 12.9. The average Bonchev–Trinajstić information content (AvgIpc) is 3.14. The molecular weight excluding hydrogens is 410 g/mol. The fourth-order valence-corrected chi connectivity index (χ4v) is 3.29. The van der Waals surface area contributed by atoms with Gasteiger partial charge in [0.1, 0.15) is 23.9 Å². The summed E-state index contributed by atoms with van der Waals surface area (Å²) in [4.78, 5) is 29.6. The second-order valence-electron chi connectivity index (χ2n) is 7.26. The molecule has 0 bridgehead atoms. The van der Waals surface area contributed by atoms with Crippen LogP contribution in [0.25, 0.3) is 5.65 Å². The Kier molecular flexibility index (Phi) is 5.93. The van der Waals surface area contributed by atoms with Gasteiger partial charge in [0.15, 0.2) is 5.65 Å². The number of rotatable bonds is 7. The Balaban J connectivity index is 1.56. The minimum Gasteiger partial charge on any atom is -0.493 e. The minimum absolute atomic E-state index is 0.0530. The van der Waals surface area contributed by atoms with Crippen molar-refractivity contribution in [1.82, 2.24) is 9.56 Å². The minimum atomic E-state index is -0.327. The van der Waals surface area contributed by atoms with Gasteiger partial charge in [0, 0.05) is 12.1 Å². The Bertz CT molecular complexity index is 1340. The smallest absolute Gasteiger partial charge is 0.287 e. The number of carbonyl (C=O) groups excluding carboxylic acids is 1. The summed E-state index contributed by atoms with van der Waals surface area (Å²) in [5, 5.41) is 2.90. The van der Waals surface area contributed by atoms with Gasteiger partial charge in [-0.15, -0.1) is 4.57 Å². The van der Waals surface area contributed by atoms with E-state index in [-0.39, 0.29) is 18.1 Å². The van der Waals surface area contributed by atoms with Crippen molar-refractivity contribution in [2.45, 2.75) is 27.4 Å². The first-order valence-electron chi connectivity index (χ1n) is 10.2. The summed E-state index contributed by atoms with van der Waals surface area (Å²) < 4.78 is 17.9. The van der Waals surface area contributed by atoms with Crippen molar-refractivity contribution in [2.24, 2.45) is 0 Å². The van der Waals surface area contributed by atoms with Gasteiger partial charge >= 0.3 is 0 Å². The number of benzene rings is 2.